The molecular weight excluding hydrogens is 260 g/mol. The maximum absolute atomic E-state index is 11.0. The summed E-state index contributed by atoms with van der Waals surface area (Å²) in [5.41, 5.74) is 1.41. The number of nitro benzene ring substituents is 1. The molecule has 0 aliphatic rings. The van der Waals surface area contributed by atoms with Gasteiger partial charge < -0.3 is 10.1 Å². The fourth-order valence-electron chi connectivity index (χ4n) is 1.76. The molecule has 1 heterocycles. The van der Waals surface area contributed by atoms with E-state index < -0.39 is 4.92 Å². The van der Waals surface area contributed by atoms with E-state index in [0.29, 0.717) is 17.1 Å². The van der Waals surface area contributed by atoms with Crippen LogP contribution in [0.2, 0.25) is 0 Å². The number of nitrogens with one attached hydrogen (secondary N) is 1. The Hall–Kier alpha value is -2.70. The Labute approximate surface area is 115 Å². The van der Waals surface area contributed by atoms with Crippen LogP contribution in [0.1, 0.15) is 11.1 Å². The van der Waals surface area contributed by atoms with E-state index >= 15 is 0 Å². The van der Waals surface area contributed by atoms with Gasteiger partial charge in [-0.25, -0.2) is 0 Å². The zero-order valence-corrected chi connectivity index (χ0v) is 11.4. The van der Waals surface area contributed by atoms with Gasteiger partial charge in [0.05, 0.1) is 23.4 Å². The Morgan fingerprint density at radius 3 is 2.65 bits per heavy atom. The van der Waals surface area contributed by atoms with Crippen molar-refractivity contribution in [2.24, 2.45) is 0 Å². The molecule has 0 atom stereocenters. The van der Waals surface area contributed by atoms with Crippen molar-refractivity contribution in [3.05, 3.63) is 45.8 Å². The summed E-state index contributed by atoms with van der Waals surface area (Å²) in [5.74, 6) is 1.23. The summed E-state index contributed by atoms with van der Waals surface area (Å²) < 4.78 is 5.58. The maximum Gasteiger partial charge on any atom is 0.276 e. The zero-order chi connectivity index (χ0) is 14.7. The van der Waals surface area contributed by atoms with Gasteiger partial charge >= 0.3 is 0 Å². The fraction of sp³-hybridized carbons (Fsp3) is 0.231. The molecule has 0 unspecified atom stereocenters. The second-order valence-corrected chi connectivity index (χ2v) is 4.26. The van der Waals surface area contributed by atoms with Crippen LogP contribution >= 0.6 is 0 Å². The average molecular weight is 274 g/mol. The molecule has 0 saturated heterocycles. The Bertz CT molecular complexity index is 658. The predicted molar refractivity (Wildman–Crippen MR) is 74.2 cm³/mol. The third kappa shape index (κ3) is 2.82. The molecule has 0 radical (unpaired) electrons. The van der Waals surface area contributed by atoms with Crippen LogP contribution in [0.5, 0.6) is 11.6 Å². The Kier molecular flexibility index (Phi) is 3.79. The van der Waals surface area contributed by atoms with E-state index in [1.54, 1.807) is 26.2 Å². The number of ether oxygens (including phenoxy) is 1. The number of aromatic nitrogens is 2. The van der Waals surface area contributed by atoms with Crippen LogP contribution in [0.15, 0.2) is 24.5 Å². The number of anilines is 1. The highest BCUT2D eigenvalue weighted by Gasteiger charge is 2.15. The van der Waals surface area contributed by atoms with Crippen molar-refractivity contribution in [3.63, 3.8) is 0 Å². The molecule has 1 aromatic carbocycles. The van der Waals surface area contributed by atoms with Crippen molar-refractivity contribution in [2.75, 3.05) is 12.4 Å². The van der Waals surface area contributed by atoms with Gasteiger partial charge in [0, 0.05) is 12.6 Å². The number of rotatable bonds is 4. The number of benzene rings is 1. The molecule has 0 saturated carbocycles. The molecular formula is C13H14N4O3. The second kappa shape index (κ2) is 5.52. The van der Waals surface area contributed by atoms with E-state index in [1.165, 1.54) is 12.3 Å². The Morgan fingerprint density at radius 2 is 2.00 bits per heavy atom. The molecule has 1 aromatic heterocycles. The molecule has 7 heteroatoms. The lowest BCUT2D eigenvalue weighted by molar-refractivity contribution is -0.385. The van der Waals surface area contributed by atoms with Crippen LogP contribution in [-0.4, -0.2) is 21.9 Å². The minimum absolute atomic E-state index is 0.0170. The zero-order valence-electron chi connectivity index (χ0n) is 11.4. The molecule has 0 fully saturated rings. The smallest absolute Gasteiger partial charge is 0.276 e. The molecule has 20 heavy (non-hydrogen) atoms. The first-order chi connectivity index (χ1) is 9.51. The molecule has 0 spiro atoms. The normalized spacial score (nSPS) is 10.2. The van der Waals surface area contributed by atoms with Gasteiger partial charge in [0.25, 0.3) is 5.69 Å². The number of nitrogens with zero attached hydrogens (tertiary/aromatic N) is 3. The van der Waals surface area contributed by atoms with E-state index in [9.17, 15) is 10.1 Å². The SMILES string of the molecule is CNc1cncc(Oc2cc([N+](=O)[O-])c(C)cc2C)n1. The van der Waals surface area contributed by atoms with Gasteiger partial charge in [-0.05, 0) is 25.5 Å². The van der Waals surface area contributed by atoms with Gasteiger partial charge in [-0.3, -0.25) is 15.1 Å². The number of nitro groups is 1. The van der Waals surface area contributed by atoms with Gasteiger partial charge in [0.2, 0.25) is 5.88 Å². The molecule has 1 N–H and O–H groups in total. The summed E-state index contributed by atoms with van der Waals surface area (Å²) in [7, 11) is 1.72. The van der Waals surface area contributed by atoms with E-state index in [0.717, 1.165) is 5.56 Å². The molecule has 104 valence electrons. The minimum Gasteiger partial charge on any atom is -0.437 e. The lowest BCUT2D eigenvalue weighted by Crippen LogP contribution is -1.98. The third-order valence-electron chi connectivity index (χ3n) is 2.77. The number of hydrogen-bond acceptors (Lipinski definition) is 6. The molecule has 2 aromatic rings. The topological polar surface area (TPSA) is 90.2 Å². The quantitative estimate of drug-likeness (QED) is 0.681. The molecule has 2 rings (SSSR count). The lowest BCUT2D eigenvalue weighted by Gasteiger charge is -2.09. The van der Waals surface area contributed by atoms with Crippen LogP contribution in [0.25, 0.3) is 0 Å². The summed E-state index contributed by atoms with van der Waals surface area (Å²) in [6.45, 7) is 3.51. The van der Waals surface area contributed by atoms with Gasteiger partial charge in [0.15, 0.2) is 0 Å². The minimum atomic E-state index is -0.433. The lowest BCUT2D eigenvalue weighted by atomic mass is 10.1. The van der Waals surface area contributed by atoms with Gasteiger partial charge in [-0.1, -0.05) is 0 Å². The van der Waals surface area contributed by atoms with Crippen molar-refractivity contribution < 1.29 is 9.66 Å². The van der Waals surface area contributed by atoms with Crippen molar-refractivity contribution in [3.8, 4) is 11.6 Å². The van der Waals surface area contributed by atoms with E-state index in [1.807, 2.05) is 6.92 Å². The fourth-order valence-corrected chi connectivity index (χ4v) is 1.76. The highest BCUT2D eigenvalue weighted by atomic mass is 16.6. The Morgan fingerprint density at radius 1 is 1.25 bits per heavy atom. The van der Waals surface area contributed by atoms with Crippen LogP contribution in [-0.2, 0) is 0 Å². The highest BCUT2D eigenvalue weighted by molar-refractivity contribution is 5.50. The first-order valence-corrected chi connectivity index (χ1v) is 5.94. The summed E-state index contributed by atoms with van der Waals surface area (Å²) in [5, 5.41) is 13.8. The van der Waals surface area contributed by atoms with E-state index in [4.69, 9.17) is 4.74 Å². The molecule has 0 amide bonds. The summed E-state index contributed by atoms with van der Waals surface area (Å²) in [4.78, 5) is 18.6. The first kappa shape index (κ1) is 13.7. The van der Waals surface area contributed by atoms with Gasteiger partial charge in [-0.2, -0.15) is 4.98 Å². The third-order valence-corrected chi connectivity index (χ3v) is 2.77. The highest BCUT2D eigenvalue weighted by Crippen LogP contribution is 2.30. The average Bonchev–Trinajstić information content (AvgIpc) is 2.41. The summed E-state index contributed by atoms with van der Waals surface area (Å²) >= 11 is 0. The molecule has 0 aliphatic heterocycles. The van der Waals surface area contributed by atoms with Crippen molar-refractivity contribution >= 4 is 11.5 Å². The number of aryl methyl sites for hydroxylation is 2. The largest absolute Gasteiger partial charge is 0.437 e. The Balaban J connectivity index is 2.37. The van der Waals surface area contributed by atoms with Gasteiger partial charge in [-0.15, -0.1) is 0 Å². The summed E-state index contributed by atoms with van der Waals surface area (Å²) in [6.07, 6.45) is 3.00. The standard InChI is InChI=1S/C13H14N4O3/c1-8-4-9(2)11(5-10(8)17(18)19)20-13-7-15-6-12(14-3)16-13/h4-7H,1-3H3,(H,14,16). The van der Waals surface area contributed by atoms with E-state index in [-0.39, 0.29) is 11.6 Å². The first-order valence-electron chi connectivity index (χ1n) is 5.94. The van der Waals surface area contributed by atoms with Crippen LogP contribution in [0.3, 0.4) is 0 Å². The maximum atomic E-state index is 11.0. The molecule has 0 bridgehead atoms. The predicted octanol–water partition coefficient (Wildman–Crippen LogP) is 2.84. The van der Waals surface area contributed by atoms with Gasteiger partial charge in [0.1, 0.15) is 11.6 Å². The van der Waals surface area contributed by atoms with Crippen LogP contribution in [0, 0.1) is 24.0 Å². The van der Waals surface area contributed by atoms with Crippen LogP contribution in [0.4, 0.5) is 11.5 Å². The second-order valence-electron chi connectivity index (χ2n) is 4.26. The number of hydrogen-bond donors (Lipinski definition) is 1. The van der Waals surface area contributed by atoms with Crippen LogP contribution < -0.4 is 10.1 Å². The van der Waals surface area contributed by atoms with Crippen molar-refractivity contribution in [1.82, 2.24) is 9.97 Å². The summed E-state index contributed by atoms with van der Waals surface area (Å²) in [6, 6.07) is 3.11. The van der Waals surface area contributed by atoms with Crippen molar-refractivity contribution in [1.29, 1.82) is 0 Å². The van der Waals surface area contributed by atoms with Crippen molar-refractivity contribution in [2.45, 2.75) is 13.8 Å². The molecule has 7 nitrogen and oxygen atoms in total. The van der Waals surface area contributed by atoms with E-state index in [2.05, 4.69) is 15.3 Å². The molecule has 0 aliphatic carbocycles. The monoisotopic (exact) mass is 274 g/mol.